The summed E-state index contributed by atoms with van der Waals surface area (Å²) in [5.74, 6) is -0.625. The molecule has 0 saturated carbocycles. The molecule has 2 aliphatic rings. The van der Waals surface area contributed by atoms with Crippen molar-refractivity contribution in [2.45, 2.75) is 107 Å². The lowest BCUT2D eigenvalue weighted by molar-refractivity contribution is -0.273. The largest absolute Gasteiger partial charge is 0.463 e. The van der Waals surface area contributed by atoms with Gasteiger partial charge in [-0.25, -0.2) is 14.2 Å². The lowest BCUT2D eigenvalue weighted by atomic mass is 9.98. The minimum Gasteiger partial charge on any atom is -0.463 e. The Kier molecular flexibility index (Phi) is 9.81. The SMILES string of the molecule is C[C@H](CCCCC(=O)OC[C@H]1O[C@H](n2c(=O)[nH]c3c(=O)[nH]c(=O)[nH]c32)[C@H](O)[C@@H](O)[C@@H]1O)O[C@@H]1O[C@@H](C)[C@H](O)C[C@H]1O. The number of imidazole rings is 1. The fraction of sp³-hybridized carbons (Fsp3) is 0.750. The van der Waals surface area contributed by atoms with E-state index in [1.807, 2.05) is 4.98 Å². The minimum absolute atomic E-state index is 0.0157. The number of rotatable bonds is 10. The van der Waals surface area contributed by atoms with Crippen molar-refractivity contribution >= 4 is 17.1 Å². The molecule has 0 aliphatic carbocycles. The van der Waals surface area contributed by atoms with Crippen LogP contribution in [0.1, 0.15) is 52.2 Å². The zero-order valence-corrected chi connectivity index (χ0v) is 22.5. The summed E-state index contributed by atoms with van der Waals surface area (Å²) >= 11 is 0. The maximum atomic E-state index is 12.5. The summed E-state index contributed by atoms with van der Waals surface area (Å²) in [5, 5.41) is 51.0. The second kappa shape index (κ2) is 13.0. The Bertz CT molecular complexity index is 1370. The molecule has 0 radical (unpaired) electrons. The van der Waals surface area contributed by atoms with Crippen molar-refractivity contribution in [3.63, 3.8) is 0 Å². The first-order chi connectivity index (χ1) is 19.4. The first kappa shape index (κ1) is 31.0. The van der Waals surface area contributed by atoms with Gasteiger partial charge in [-0.1, -0.05) is 6.42 Å². The molecule has 10 atom stereocenters. The number of aliphatic hydroxyl groups is 5. The molecular formula is C24H36N4O13. The molecule has 2 aromatic heterocycles. The van der Waals surface area contributed by atoms with Gasteiger partial charge in [0.25, 0.3) is 5.56 Å². The second-order valence-electron chi connectivity index (χ2n) is 10.4. The molecule has 2 fully saturated rings. The van der Waals surface area contributed by atoms with Crippen molar-refractivity contribution in [1.82, 2.24) is 19.5 Å². The van der Waals surface area contributed by atoms with Crippen LogP contribution >= 0.6 is 0 Å². The summed E-state index contributed by atoms with van der Waals surface area (Å²) in [7, 11) is 0. The molecule has 0 aromatic carbocycles. The molecule has 17 heteroatoms. The van der Waals surface area contributed by atoms with E-state index in [4.69, 9.17) is 18.9 Å². The van der Waals surface area contributed by atoms with E-state index >= 15 is 0 Å². The average molecular weight is 589 g/mol. The molecule has 0 unspecified atom stereocenters. The van der Waals surface area contributed by atoms with Gasteiger partial charge >= 0.3 is 17.3 Å². The number of ether oxygens (including phenoxy) is 4. The molecule has 0 amide bonds. The topological polar surface area (TPSA) is 259 Å². The number of aromatic nitrogens is 4. The van der Waals surface area contributed by atoms with Crippen molar-refractivity contribution < 1.29 is 49.3 Å². The summed E-state index contributed by atoms with van der Waals surface area (Å²) in [6.45, 7) is 2.97. The van der Waals surface area contributed by atoms with Crippen molar-refractivity contribution in [3.8, 4) is 0 Å². The number of H-pyrrole nitrogens is 3. The van der Waals surface area contributed by atoms with Gasteiger partial charge in [-0.15, -0.1) is 0 Å². The number of hydrogen-bond donors (Lipinski definition) is 8. The van der Waals surface area contributed by atoms with Crippen LogP contribution in [-0.4, -0.2) is 113 Å². The van der Waals surface area contributed by atoms with Crippen LogP contribution in [-0.2, 0) is 23.7 Å². The van der Waals surface area contributed by atoms with Crippen molar-refractivity contribution in [2.24, 2.45) is 0 Å². The molecule has 2 aromatic rings. The summed E-state index contributed by atoms with van der Waals surface area (Å²) in [4.78, 5) is 55.0. The average Bonchev–Trinajstić information content (AvgIpc) is 3.24. The third kappa shape index (κ3) is 6.95. The smallest absolute Gasteiger partial charge is 0.330 e. The molecule has 0 bridgehead atoms. The van der Waals surface area contributed by atoms with Gasteiger partial charge in [0.05, 0.1) is 18.3 Å². The maximum absolute atomic E-state index is 12.5. The summed E-state index contributed by atoms with van der Waals surface area (Å²) in [5.41, 5.74) is -3.37. The number of nitrogens with one attached hydrogen (secondary N) is 3. The van der Waals surface area contributed by atoms with E-state index in [1.165, 1.54) is 0 Å². The van der Waals surface area contributed by atoms with Crippen LogP contribution in [0.3, 0.4) is 0 Å². The van der Waals surface area contributed by atoms with Gasteiger partial charge in [0.15, 0.2) is 23.7 Å². The molecule has 230 valence electrons. The van der Waals surface area contributed by atoms with Gasteiger partial charge in [-0.3, -0.25) is 24.5 Å². The molecule has 4 rings (SSSR count). The maximum Gasteiger partial charge on any atom is 0.330 e. The third-order valence-electron chi connectivity index (χ3n) is 7.26. The Morgan fingerprint density at radius 2 is 1.73 bits per heavy atom. The second-order valence-corrected chi connectivity index (χ2v) is 10.4. The third-order valence-corrected chi connectivity index (χ3v) is 7.26. The summed E-state index contributed by atoms with van der Waals surface area (Å²) in [6.07, 6.45) is -9.93. The highest BCUT2D eigenvalue weighted by Crippen LogP contribution is 2.29. The Morgan fingerprint density at radius 3 is 2.46 bits per heavy atom. The van der Waals surface area contributed by atoms with E-state index in [1.54, 1.807) is 13.8 Å². The predicted molar refractivity (Wildman–Crippen MR) is 137 cm³/mol. The van der Waals surface area contributed by atoms with Crippen LogP contribution < -0.4 is 16.9 Å². The van der Waals surface area contributed by atoms with Gasteiger partial charge in [-0.05, 0) is 26.7 Å². The van der Waals surface area contributed by atoms with Crippen LogP contribution in [0.4, 0.5) is 0 Å². The molecule has 2 aliphatic heterocycles. The molecule has 4 heterocycles. The number of nitrogens with zero attached hydrogens (tertiary/aromatic N) is 1. The van der Waals surface area contributed by atoms with Crippen LogP contribution in [0, 0.1) is 0 Å². The first-order valence-electron chi connectivity index (χ1n) is 13.4. The molecule has 2 saturated heterocycles. The van der Waals surface area contributed by atoms with Gasteiger partial charge in [0, 0.05) is 12.8 Å². The summed E-state index contributed by atoms with van der Waals surface area (Å²) in [6, 6.07) is 0. The lowest BCUT2D eigenvalue weighted by Gasteiger charge is -2.40. The Morgan fingerprint density at radius 1 is 1.00 bits per heavy atom. The number of carbonyl (C=O) groups is 1. The highest BCUT2D eigenvalue weighted by molar-refractivity contribution is 5.69. The highest BCUT2D eigenvalue weighted by Gasteiger charge is 2.46. The molecule has 0 spiro atoms. The van der Waals surface area contributed by atoms with E-state index in [0.29, 0.717) is 19.3 Å². The van der Waals surface area contributed by atoms with E-state index < -0.39 is 84.8 Å². The first-order valence-corrected chi connectivity index (χ1v) is 13.4. The Hall–Kier alpha value is -2.90. The molecule has 17 nitrogen and oxygen atoms in total. The monoisotopic (exact) mass is 588 g/mol. The van der Waals surface area contributed by atoms with Gasteiger partial charge in [-0.2, -0.15) is 0 Å². The number of aliphatic hydroxyl groups excluding tert-OH is 5. The van der Waals surface area contributed by atoms with Crippen molar-refractivity contribution in [3.05, 3.63) is 31.3 Å². The number of unbranched alkanes of at least 4 members (excludes halogenated alkanes) is 1. The molecule has 8 N–H and O–H groups in total. The van der Waals surface area contributed by atoms with E-state index in [2.05, 4.69) is 9.97 Å². The molecule has 41 heavy (non-hydrogen) atoms. The standard InChI is InChI=1S/C24H36N4O13/c1-9(39-22-12(30)7-11(29)10(2)40-22)5-3-4-6-14(31)38-8-13-16(32)17(33)18(34)21(41-13)28-19-15(25-24(28)37)20(35)27-23(36)26-19/h9-13,16-18,21-22,29-30,32-34H,3-8H2,1-2H3,(H,25,37)(H2,26,27,35,36)/t9-,10+,11-,12-,13-,16-,17+,18-,21+,22-/m1/s1. The Labute approximate surface area is 231 Å². The van der Waals surface area contributed by atoms with E-state index in [9.17, 15) is 44.7 Å². The van der Waals surface area contributed by atoms with Crippen LogP contribution in [0.2, 0.25) is 0 Å². The van der Waals surface area contributed by atoms with Crippen LogP contribution in [0.25, 0.3) is 11.2 Å². The zero-order valence-electron chi connectivity index (χ0n) is 22.5. The predicted octanol–water partition coefficient (Wildman–Crippen LogP) is -2.95. The number of fused-ring (bicyclic) bond motifs is 1. The lowest BCUT2D eigenvalue weighted by Crippen LogP contribution is -2.57. The highest BCUT2D eigenvalue weighted by atomic mass is 16.7. The normalized spacial score (nSPS) is 33.1. The number of hydrogen-bond acceptors (Lipinski definition) is 13. The van der Waals surface area contributed by atoms with E-state index in [0.717, 1.165) is 4.57 Å². The van der Waals surface area contributed by atoms with Crippen LogP contribution in [0.5, 0.6) is 0 Å². The minimum atomic E-state index is -1.84. The van der Waals surface area contributed by atoms with Crippen molar-refractivity contribution in [1.29, 1.82) is 0 Å². The molecular weight excluding hydrogens is 552 g/mol. The quantitative estimate of drug-likeness (QED) is 0.102. The van der Waals surface area contributed by atoms with Gasteiger partial charge < -0.3 is 44.5 Å². The Balaban J connectivity index is 1.27. The number of aromatic amines is 3. The van der Waals surface area contributed by atoms with Gasteiger partial charge in [0.1, 0.15) is 37.1 Å². The zero-order chi connectivity index (χ0) is 30.0. The summed E-state index contributed by atoms with van der Waals surface area (Å²) < 4.78 is 22.7. The number of esters is 1. The van der Waals surface area contributed by atoms with Crippen molar-refractivity contribution in [2.75, 3.05) is 6.61 Å². The fourth-order valence-electron chi connectivity index (χ4n) is 4.88. The van der Waals surface area contributed by atoms with Crippen LogP contribution in [0.15, 0.2) is 14.4 Å². The number of carbonyl (C=O) groups excluding carboxylic acids is 1. The van der Waals surface area contributed by atoms with Gasteiger partial charge in [0.2, 0.25) is 0 Å². The van der Waals surface area contributed by atoms with E-state index in [-0.39, 0.29) is 30.1 Å². The fourth-order valence-corrected chi connectivity index (χ4v) is 4.88.